The lowest BCUT2D eigenvalue weighted by Gasteiger charge is -2.08. The van der Waals surface area contributed by atoms with Gasteiger partial charge >= 0.3 is 0 Å². The summed E-state index contributed by atoms with van der Waals surface area (Å²) in [5.74, 6) is -0.415. The largest absolute Gasteiger partial charge is 0.456 e. The molecule has 0 amide bonds. The number of nitrogens with zero attached hydrogens (tertiary/aromatic N) is 3. The van der Waals surface area contributed by atoms with Crippen LogP contribution in [0.15, 0.2) is 125 Å². The predicted octanol–water partition coefficient (Wildman–Crippen LogP) is 8.58. The van der Waals surface area contributed by atoms with Crippen molar-refractivity contribution in [3.05, 3.63) is 127 Å². The number of hydrogen-bond donors (Lipinski definition) is 0. The summed E-state index contributed by atoms with van der Waals surface area (Å²) in [5, 5.41) is -0.445. The lowest BCUT2D eigenvalue weighted by molar-refractivity contribution is 0.628. The molecule has 7 aromatic rings. The molecule has 7 rings (SSSR count). The molecule has 38 heavy (non-hydrogen) atoms. The summed E-state index contributed by atoms with van der Waals surface area (Å²) >= 11 is 0. The van der Waals surface area contributed by atoms with Crippen LogP contribution < -0.4 is 0 Å². The normalized spacial score (nSPS) is 15.3. The van der Waals surface area contributed by atoms with Gasteiger partial charge in [-0.05, 0) is 53.5 Å². The molecule has 2 heterocycles. The van der Waals surface area contributed by atoms with Crippen molar-refractivity contribution in [2.45, 2.75) is 0 Å². The van der Waals surface area contributed by atoms with Crippen molar-refractivity contribution in [2.24, 2.45) is 0 Å². The molecule has 0 N–H and O–H groups in total. The highest BCUT2D eigenvalue weighted by atomic mass is 19.1. The maximum atomic E-state index is 13.8. The van der Waals surface area contributed by atoms with Crippen LogP contribution in [0.25, 0.3) is 67.2 Å². The second kappa shape index (κ2) is 9.05. The topological polar surface area (TPSA) is 51.8 Å². The van der Waals surface area contributed by atoms with Crippen molar-refractivity contribution in [1.29, 1.82) is 0 Å². The summed E-state index contributed by atoms with van der Waals surface area (Å²) in [6.45, 7) is 0. The van der Waals surface area contributed by atoms with Gasteiger partial charge < -0.3 is 4.42 Å². The van der Waals surface area contributed by atoms with Gasteiger partial charge in [-0.3, -0.25) is 0 Å². The number of rotatable bonds is 4. The van der Waals surface area contributed by atoms with Gasteiger partial charge in [-0.2, -0.15) is 0 Å². The Morgan fingerprint density at radius 3 is 2.00 bits per heavy atom. The molecular formula is C33H20FN3O. The molecule has 0 aliphatic carbocycles. The molecule has 2 aromatic heterocycles. The number of aromatic nitrogens is 3. The minimum absolute atomic E-state index is 0.0912. The fourth-order valence-corrected chi connectivity index (χ4v) is 4.05. The maximum Gasteiger partial charge on any atom is 0.164 e. The number of hydrogen-bond acceptors (Lipinski definition) is 4. The van der Waals surface area contributed by atoms with Crippen molar-refractivity contribution in [3.63, 3.8) is 0 Å². The summed E-state index contributed by atoms with van der Waals surface area (Å²) in [6, 6.07) is 7.22. The highest BCUT2D eigenvalue weighted by molar-refractivity contribution is 6.12. The van der Waals surface area contributed by atoms with E-state index < -0.39 is 77.8 Å². The number of benzene rings is 5. The smallest absolute Gasteiger partial charge is 0.164 e. The van der Waals surface area contributed by atoms with Crippen LogP contribution in [0.2, 0.25) is 0 Å². The average Bonchev–Trinajstić information content (AvgIpc) is 3.51. The van der Waals surface area contributed by atoms with E-state index in [0.29, 0.717) is 11.1 Å². The van der Waals surface area contributed by atoms with Crippen LogP contribution in [-0.2, 0) is 0 Å². The molecule has 0 unspecified atom stereocenters. The van der Waals surface area contributed by atoms with Crippen molar-refractivity contribution >= 4 is 21.9 Å². The predicted molar refractivity (Wildman–Crippen MR) is 149 cm³/mol. The van der Waals surface area contributed by atoms with Crippen LogP contribution in [0.3, 0.4) is 0 Å². The minimum Gasteiger partial charge on any atom is -0.456 e. The van der Waals surface area contributed by atoms with Gasteiger partial charge in [-0.25, -0.2) is 19.3 Å². The zero-order valence-electron chi connectivity index (χ0n) is 30.3. The van der Waals surface area contributed by atoms with Gasteiger partial charge in [0.25, 0.3) is 0 Å². The van der Waals surface area contributed by atoms with Gasteiger partial charge in [0.2, 0.25) is 0 Å². The SMILES string of the molecule is [2H]c1c([2H])c([2H])c(-c2c([2H])c([2H])c([2H])c3oc4c([2H])c(-c5nc(-c6ccccc6)nc(-c6ccc(F)cc6)n5)c([2H])c([2H])c4c23)c([2H])c1[2H]. The fraction of sp³-hybridized carbons (Fsp3) is 0. The Morgan fingerprint density at radius 2 is 1.26 bits per heavy atom. The first-order chi connectivity index (χ1) is 23.3. The number of fused-ring (bicyclic) bond motifs is 3. The molecule has 5 aromatic carbocycles. The van der Waals surface area contributed by atoms with Crippen molar-refractivity contribution < 1.29 is 23.9 Å². The van der Waals surface area contributed by atoms with E-state index in [4.69, 9.17) is 18.1 Å². The molecule has 0 saturated heterocycles. The van der Waals surface area contributed by atoms with Crippen molar-refractivity contribution in [2.75, 3.05) is 0 Å². The molecule has 0 saturated carbocycles. The number of furan rings is 1. The molecule has 0 aliphatic heterocycles. The first-order valence-corrected chi connectivity index (χ1v) is 11.4. The van der Waals surface area contributed by atoms with E-state index in [1.807, 2.05) is 0 Å². The zero-order chi connectivity index (χ0) is 35.0. The molecule has 0 fully saturated rings. The Hall–Kier alpha value is -5.16. The van der Waals surface area contributed by atoms with E-state index in [2.05, 4.69) is 15.0 Å². The summed E-state index contributed by atoms with van der Waals surface area (Å²) in [6.07, 6.45) is 0. The third-order valence-corrected chi connectivity index (χ3v) is 5.82. The van der Waals surface area contributed by atoms with E-state index in [1.54, 1.807) is 30.3 Å². The van der Waals surface area contributed by atoms with Crippen LogP contribution in [0, 0.1) is 5.82 Å². The molecule has 0 radical (unpaired) electrons. The fourth-order valence-electron chi connectivity index (χ4n) is 4.05. The summed E-state index contributed by atoms with van der Waals surface area (Å²) in [4.78, 5) is 13.6. The second-order valence-corrected chi connectivity index (χ2v) is 8.19. The second-order valence-electron chi connectivity index (χ2n) is 8.19. The van der Waals surface area contributed by atoms with Crippen LogP contribution in [-0.4, -0.2) is 15.0 Å². The minimum atomic E-state index is -0.699. The van der Waals surface area contributed by atoms with Gasteiger partial charge in [0.05, 0.1) is 15.1 Å². The highest BCUT2D eigenvalue weighted by Crippen LogP contribution is 2.38. The quantitative estimate of drug-likeness (QED) is 0.241. The molecule has 5 heteroatoms. The molecule has 4 nitrogen and oxygen atoms in total. The standard InChI is InChI=1S/C33H20FN3O/c34-25-17-14-23(15-18-25)32-35-31(22-10-5-2-6-11-22)36-33(37-32)24-16-19-27-29(20-24)38-28-13-7-12-26(30(27)28)21-8-3-1-4-9-21/h1-20H/i1D,3D,4D,7D,8D,9D,12D,13D,16D,19D,20D. The third-order valence-electron chi connectivity index (χ3n) is 5.82. The Morgan fingerprint density at radius 1 is 0.579 bits per heavy atom. The lowest BCUT2D eigenvalue weighted by Crippen LogP contribution is -2.00. The van der Waals surface area contributed by atoms with Gasteiger partial charge in [0.15, 0.2) is 17.5 Å². The van der Waals surface area contributed by atoms with E-state index in [0.717, 1.165) is 0 Å². The van der Waals surface area contributed by atoms with E-state index in [9.17, 15) is 5.76 Å². The molecule has 0 atom stereocenters. The van der Waals surface area contributed by atoms with Gasteiger partial charge in [-0.1, -0.05) is 78.7 Å². The van der Waals surface area contributed by atoms with Crippen LogP contribution in [0.4, 0.5) is 4.39 Å². The van der Waals surface area contributed by atoms with Crippen LogP contribution in [0.1, 0.15) is 15.1 Å². The van der Waals surface area contributed by atoms with Gasteiger partial charge in [-0.15, -0.1) is 0 Å². The van der Waals surface area contributed by atoms with Gasteiger partial charge in [0.1, 0.15) is 17.0 Å². The molecule has 0 bridgehead atoms. The Bertz CT molecular complexity index is 2500. The van der Waals surface area contributed by atoms with E-state index >= 15 is 0 Å². The summed E-state index contributed by atoms with van der Waals surface area (Å²) in [5.41, 5.74) is -0.787. The molecular weight excluding hydrogens is 473 g/mol. The Labute approximate surface area is 233 Å². The zero-order valence-corrected chi connectivity index (χ0v) is 19.3. The first-order valence-electron chi connectivity index (χ1n) is 16.9. The van der Waals surface area contributed by atoms with Crippen molar-refractivity contribution in [1.82, 2.24) is 15.0 Å². The molecule has 0 spiro atoms. The van der Waals surface area contributed by atoms with Crippen LogP contribution in [0.5, 0.6) is 0 Å². The summed E-state index contributed by atoms with van der Waals surface area (Å²) in [7, 11) is 0. The molecule has 0 aliphatic rings. The van der Waals surface area contributed by atoms with Gasteiger partial charge in [0, 0.05) is 27.5 Å². The first kappa shape index (κ1) is 13.4. The third kappa shape index (κ3) is 3.91. The monoisotopic (exact) mass is 504 g/mol. The Kier molecular flexibility index (Phi) is 3.19. The maximum absolute atomic E-state index is 13.8. The lowest BCUT2D eigenvalue weighted by atomic mass is 9.99. The van der Waals surface area contributed by atoms with Crippen LogP contribution >= 0.6 is 0 Å². The van der Waals surface area contributed by atoms with Crippen molar-refractivity contribution in [3.8, 4) is 45.3 Å². The molecule has 180 valence electrons. The van der Waals surface area contributed by atoms with E-state index in [1.165, 1.54) is 24.3 Å². The van der Waals surface area contributed by atoms with E-state index in [-0.39, 0.29) is 50.5 Å². The summed E-state index contributed by atoms with van der Waals surface area (Å²) < 4.78 is 114. The Balaban J connectivity index is 1.59. The highest BCUT2D eigenvalue weighted by Gasteiger charge is 2.16. The number of halogens is 1. The average molecular weight is 505 g/mol.